The zero-order valence-corrected chi connectivity index (χ0v) is 12.3. The second-order valence-corrected chi connectivity index (χ2v) is 6.27. The zero-order valence-electron chi connectivity index (χ0n) is 12.3. The molecule has 1 aliphatic heterocycles. The molecule has 1 saturated heterocycles. The van der Waals surface area contributed by atoms with Crippen molar-refractivity contribution in [2.75, 3.05) is 13.1 Å². The molecular weight excluding hydrogens is 265 g/mol. The molecule has 1 atom stereocenters. The molecule has 2 fully saturated rings. The highest BCUT2D eigenvalue weighted by atomic mass is 19.1. The van der Waals surface area contributed by atoms with Crippen LogP contribution in [0.5, 0.6) is 0 Å². The fourth-order valence-corrected chi connectivity index (χ4v) is 3.19. The summed E-state index contributed by atoms with van der Waals surface area (Å²) in [6, 6.07) is 7.91. The van der Waals surface area contributed by atoms with Gasteiger partial charge in [-0.2, -0.15) is 5.26 Å². The van der Waals surface area contributed by atoms with Crippen LogP contribution in [0.1, 0.15) is 43.2 Å². The Hall–Kier alpha value is -1.44. The topological polar surface area (TPSA) is 39.1 Å². The average molecular weight is 287 g/mol. The van der Waals surface area contributed by atoms with E-state index < -0.39 is 0 Å². The molecular formula is C17H22FN3. The highest BCUT2D eigenvalue weighted by Gasteiger charge is 2.31. The average Bonchev–Trinajstić information content (AvgIpc) is 3.31. The summed E-state index contributed by atoms with van der Waals surface area (Å²) in [7, 11) is 0. The van der Waals surface area contributed by atoms with E-state index in [1.54, 1.807) is 6.07 Å². The van der Waals surface area contributed by atoms with Crippen LogP contribution in [0.4, 0.5) is 4.39 Å². The number of piperidine rings is 1. The lowest BCUT2D eigenvalue weighted by atomic mass is 10.0. The number of halogens is 1. The molecule has 21 heavy (non-hydrogen) atoms. The van der Waals surface area contributed by atoms with E-state index >= 15 is 0 Å². The van der Waals surface area contributed by atoms with E-state index in [1.165, 1.54) is 38.2 Å². The van der Waals surface area contributed by atoms with E-state index in [0.29, 0.717) is 17.6 Å². The Morgan fingerprint density at radius 2 is 2.10 bits per heavy atom. The molecule has 0 radical (unpaired) electrons. The predicted molar refractivity (Wildman–Crippen MR) is 80.2 cm³/mol. The van der Waals surface area contributed by atoms with Gasteiger partial charge in [-0.3, -0.25) is 4.90 Å². The summed E-state index contributed by atoms with van der Waals surface area (Å²) >= 11 is 0. The number of hydrogen-bond acceptors (Lipinski definition) is 3. The van der Waals surface area contributed by atoms with Gasteiger partial charge in [-0.1, -0.05) is 6.42 Å². The lowest BCUT2D eigenvalue weighted by molar-refractivity contribution is 0.208. The molecule has 4 heteroatoms. The molecule has 1 unspecified atom stereocenters. The van der Waals surface area contributed by atoms with Gasteiger partial charge >= 0.3 is 0 Å². The fraction of sp³-hybridized carbons (Fsp3) is 0.588. The summed E-state index contributed by atoms with van der Waals surface area (Å²) in [5.74, 6) is -0.310. The molecule has 1 aromatic carbocycles. The van der Waals surface area contributed by atoms with Crippen LogP contribution < -0.4 is 5.32 Å². The number of nitriles is 1. The fourth-order valence-electron chi connectivity index (χ4n) is 3.19. The van der Waals surface area contributed by atoms with E-state index in [2.05, 4.69) is 10.2 Å². The minimum atomic E-state index is -0.310. The van der Waals surface area contributed by atoms with Gasteiger partial charge in [0.1, 0.15) is 5.82 Å². The van der Waals surface area contributed by atoms with Crippen molar-refractivity contribution in [3.8, 4) is 6.07 Å². The van der Waals surface area contributed by atoms with Crippen LogP contribution in [0.25, 0.3) is 0 Å². The monoisotopic (exact) mass is 287 g/mol. The Balaban J connectivity index is 1.67. The molecule has 1 aromatic rings. The molecule has 3 nitrogen and oxygen atoms in total. The van der Waals surface area contributed by atoms with Gasteiger partial charge in [0, 0.05) is 25.2 Å². The predicted octanol–water partition coefficient (Wildman–Crippen LogP) is 2.80. The standard InChI is InChI=1S/C17H22FN3/c18-15-8-13(10-19)7-14(9-15)11-21(17-4-5-17)12-16-3-1-2-6-20-16/h7-9,16-17,20H,1-6,11-12H2. The number of nitrogens with zero attached hydrogens (tertiary/aromatic N) is 2. The van der Waals surface area contributed by atoms with Gasteiger partial charge in [0.2, 0.25) is 0 Å². The van der Waals surface area contributed by atoms with Crippen LogP contribution in [0.3, 0.4) is 0 Å². The van der Waals surface area contributed by atoms with E-state index in [4.69, 9.17) is 5.26 Å². The lowest BCUT2D eigenvalue weighted by Crippen LogP contribution is -2.44. The van der Waals surface area contributed by atoms with E-state index in [1.807, 2.05) is 12.1 Å². The Labute approximate surface area is 125 Å². The van der Waals surface area contributed by atoms with Crippen LogP contribution in [0.2, 0.25) is 0 Å². The smallest absolute Gasteiger partial charge is 0.124 e. The number of benzene rings is 1. The molecule has 1 N–H and O–H groups in total. The van der Waals surface area contributed by atoms with Crippen molar-refractivity contribution < 1.29 is 4.39 Å². The molecule has 1 heterocycles. The van der Waals surface area contributed by atoms with E-state index in [0.717, 1.165) is 25.2 Å². The van der Waals surface area contributed by atoms with Crippen LogP contribution in [-0.4, -0.2) is 30.1 Å². The first-order chi connectivity index (χ1) is 10.2. The molecule has 3 rings (SSSR count). The van der Waals surface area contributed by atoms with Crippen LogP contribution in [-0.2, 0) is 6.54 Å². The number of nitrogens with one attached hydrogen (secondary N) is 1. The van der Waals surface area contributed by atoms with Crippen molar-refractivity contribution >= 4 is 0 Å². The number of rotatable bonds is 5. The van der Waals surface area contributed by atoms with E-state index in [9.17, 15) is 4.39 Å². The Kier molecular flexibility index (Phi) is 4.52. The van der Waals surface area contributed by atoms with Crippen molar-refractivity contribution in [3.05, 3.63) is 35.1 Å². The van der Waals surface area contributed by atoms with Crippen molar-refractivity contribution in [1.29, 1.82) is 5.26 Å². The summed E-state index contributed by atoms with van der Waals surface area (Å²) in [5.41, 5.74) is 1.32. The second-order valence-electron chi connectivity index (χ2n) is 6.27. The van der Waals surface area contributed by atoms with Gasteiger partial charge in [0.25, 0.3) is 0 Å². The normalized spacial score (nSPS) is 22.2. The molecule has 0 aromatic heterocycles. The van der Waals surface area contributed by atoms with Crippen LogP contribution >= 0.6 is 0 Å². The van der Waals surface area contributed by atoms with Gasteiger partial charge in [0.15, 0.2) is 0 Å². The summed E-state index contributed by atoms with van der Waals surface area (Å²) in [4.78, 5) is 2.46. The maximum Gasteiger partial charge on any atom is 0.124 e. The summed E-state index contributed by atoms with van der Waals surface area (Å²) in [6.07, 6.45) is 6.29. The molecule has 0 bridgehead atoms. The molecule has 1 saturated carbocycles. The number of hydrogen-bond donors (Lipinski definition) is 1. The highest BCUT2D eigenvalue weighted by Crippen LogP contribution is 2.29. The SMILES string of the molecule is N#Cc1cc(F)cc(CN(CC2CCCCN2)C2CC2)c1. The third-order valence-electron chi connectivity index (χ3n) is 4.40. The molecule has 112 valence electrons. The first-order valence-electron chi connectivity index (χ1n) is 7.91. The zero-order chi connectivity index (χ0) is 14.7. The Morgan fingerprint density at radius 1 is 1.24 bits per heavy atom. The largest absolute Gasteiger partial charge is 0.313 e. The lowest BCUT2D eigenvalue weighted by Gasteiger charge is -2.30. The minimum absolute atomic E-state index is 0.310. The summed E-state index contributed by atoms with van der Waals surface area (Å²) in [6.45, 7) is 2.89. The van der Waals surface area contributed by atoms with E-state index in [-0.39, 0.29) is 5.82 Å². The maximum absolute atomic E-state index is 13.6. The third kappa shape index (κ3) is 4.03. The van der Waals surface area contributed by atoms with Gasteiger partial charge in [-0.15, -0.1) is 0 Å². The van der Waals surface area contributed by atoms with Gasteiger partial charge < -0.3 is 5.32 Å². The molecule has 0 spiro atoms. The highest BCUT2D eigenvalue weighted by molar-refractivity contribution is 5.33. The summed E-state index contributed by atoms with van der Waals surface area (Å²) in [5, 5.41) is 12.5. The maximum atomic E-state index is 13.6. The second kappa shape index (κ2) is 6.55. The quantitative estimate of drug-likeness (QED) is 0.905. The Bertz CT molecular complexity index is 527. The molecule has 0 amide bonds. The summed E-state index contributed by atoms with van der Waals surface area (Å²) < 4.78 is 13.6. The van der Waals surface area contributed by atoms with Gasteiger partial charge in [0.05, 0.1) is 11.6 Å². The van der Waals surface area contributed by atoms with Gasteiger partial charge in [-0.05, 0) is 56.0 Å². The van der Waals surface area contributed by atoms with Gasteiger partial charge in [-0.25, -0.2) is 4.39 Å². The van der Waals surface area contributed by atoms with Crippen molar-refractivity contribution in [2.45, 2.75) is 50.7 Å². The van der Waals surface area contributed by atoms with Crippen molar-refractivity contribution in [3.63, 3.8) is 0 Å². The molecule has 1 aliphatic carbocycles. The first-order valence-corrected chi connectivity index (χ1v) is 7.91. The first kappa shape index (κ1) is 14.5. The third-order valence-corrected chi connectivity index (χ3v) is 4.40. The van der Waals surface area contributed by atoms with Crippen LogP contribution in [0.15, 0.2) is 18.2 Å². The molecule has 2 aliphatic rings. The van der Waals surface area contributed by atoms with Crippen molar-refractivity contribution in [2.24, 2.45) is 0 Å². The van der Waals surface area contributed by atoms with Crippen molar-refractivity contribution in [1.82, 2.24) is 10.2 Å². The Morgan fingerprint density at radius 3 is 2.76 bits per heavy atom. The minimum Gasteiger partial charge on any atom is -0.313 e. The van der Waals surface area contributed by atoms with Crippen LogP contribution in [0, 0.1) is 17.1 Å².